The highest BCUT2D eigenvalue weighted by atomic mass is 32.2. The van der Waals surface area contributed by atoms with E-state index in [1.165, 1.54) is 4.90 Å². The van der Waals surface area contributed by atoms with Gasteiger partial charge >= 0.3 is 0 Å². The van der Waals surface area contributed by atoms with Crippen molar-refractivity contribution >= 4 is 27.5 Å². The van der Waals surface area contributed by atoms with Gasteiger partial charge in [0.15, 0.2) is 0 Å². The maximum Gasteiger partial charge on any atom is 0.244 e. The lowest BCUT2D eigenvalue weighted by Crippen LogP contribution is -2.55. The van der Waals surface area contributed by atoms with Crippen LogP contribution in [-0.2, 0) is 26.2 Å². The Morgan fingerprint density at radius 1 is 0.902 bits per heavy atom. The van der Waals surface area contributed by atoms with Gasteiger partial charge in [0, 0.05) is 12.1 Å². The van der Waals surface area contributed by atoms with Crippen LogP contribution in [-0.4, -0.2) is 56.6 Å². The molecule has 0 heterocycles. The highest BCUT2D eigenvalue weighted by molar-refractivity contribution is 7.92. The van der Waals surface area contributed by atoms with E-state index < -0.39 is 34.1 Å². The first kappa shape index (κ1) is 31.5. The zero-order valence-electron chi connectivity index (χ0n) is 24.5. The van der Waals surface area contributed by atoms with E-state index in [1.54, 1.807) is 49.6 Å². The van der Waals surface area contributed by atoms with Gasteiger partial charge in [-0.15, -0.1) is 0 Å². The summed E-state index contributed by atoms with van der Waals surface area (Å²) in [5.74, 6) is 0.938. The van der Waals surface area contributed by atoms with Crippen LogP contribution in [0.2, 0.25) is 0 Å². The number of carbonyl (C=O) groups is 2. The normalized spacial score (nSPS) is 12.2. The molecule has 0 saturated heterocycles. The Hall–Kier alpha value is -4.05. The van der Waals surface area contributed by atoms with Gasteiger partial charge < -0.3 is 19.7 Å². The third-order valence-electron chi connectivity index (χ3n) is 6.15. The smallest absolute Gasteiger partial charge is 0.244 e. The minimum atomic E-state index is -3.86. The van der Waals surface area contributed by atoms with Crippen LogP contribution in [0, 0.1) is 0 Å². The lowest BCUT2D eigenvalue weighted by Gasteiger charge is -2.34. The van der Waals surface area contributed by atoms with Crippen molar-refractivity contribution in [2.24, 2.45) is 0 Å². The van der Waals surface area contributed by atoms with Crippen molar-refractivity contribution in [2.75, 3.05) is 24.2 Å². The number of rotatable bonds is 12. The first-order valence-electron chi connectivity index (χ1n) is 13.4. The lowest BCUT2D eigenvalue weighted by molar-refractivity contribution is -0.141. The van der Waals surface area contributed by atoms with E-state index in [-0.39, 0.29) is 12.5 Å². The number of hydrogen-bond acceptors (Lipinski definition) is 6. The second kappa shape index (κ2) is 13.5. The van der Waals surface area contributed by atoms with E-state index in [9.17, 15) is 18.0 Å². The van der Waals surface area contributed by atoms with Gasteiger partial charge in [0.2, 0.25) is 21.8 Å². The fourth-order valence-corrected chi connectivity index (χ4v) is 5.11. The second-order valence-corrected chi connectivity index (χ2v) is 12.6. The molecule has 3 aromatic carbocycles. The molecule has 0 bridgehead atoms. The summed E-state index contributed by atoms with van der Waals surface area (Å²) in [5.41, 5.74) is 0.528. The zero-order valence-corrected chi connectivity index (χ0v) is 25.3. The van der Waals surface area contributed by atoms with Gasteiger partial charge in [-0.2, -0.15) is 0 Å². The summed E-state index contributed by atoms with van der Waals surface area (Å²) in [6, 6.07) is 22.0. The van der Waals surface area contributed by atoms with Crippen molar-refractivity contribution in [1.29, 1.82) is 0 Å². The summed E-state index contributed by atoms with van der Waals surface area (Å²) >= 11 is 0. The number of amides is 2. The maximum absolute atomic E-state index is 13.9. The average Bonchev–Trinajstić information content (AvgIpc) is 2.91. The van der Waals surface area contributed by atoms with E-state index in [4.69, 9.17) is 9.47 Å². The van der Waals surface area contributed by atoms with Crippen molar-refractivity contribution in [2.45, 2.75) is 52.2 Å². The van der Waals surface area contributed by atoms with Crippen molar-refractivity contribution in [3.63, 3.8) is 0 Å². The number of ether oxygens (including phenoxy) is 2. The summed E-state index contributed by atoms with van der Waals surface area (Å²) in [4.78, 5) is 28.6. The number of nitrogens with one attached hydrogen (secondary N) is 1. The third kappa shape index (κ3) is 9.24. The van der Waals surface area contributed by atoms with Gasteiger partial charge in [-0.25, -0.2) is 8.42 Å². The first-order valence-corrected chi connectivity index (χ1v) is 15.2. The molecule has 0 aliphatic heterocycles. The molecule has 0 saturated carbocycles. The largest absolute Gasteiger partial charge is 0.497 e. The van der Waals surface area contributed by atoms with E-state index in [2.05, 4.69) is 5.32 Å². The average molecular weight is 582 g/mol. The Morgan fingerprint density at radius 2 is 1.51 bits per heavy atom. The molecule has 1 atom stereocenters. The second-order valence-electron chi connectivity index (χ2n) is 10.7. The fourth-order valence-electron chi connectivity index (χ4n) is 4.26. The van der Waals surface area contributed by atoms with Crippen LogP contribution in [0.4, 0.5) is 5.69 Å². The molecule has 0 fully saturated rings. The molecule has 0 radical (unpaired) electrons. The highest BCUT2D eigenvalue weighted by Crippen LogP contribution is 2.26. The molecule has 2 amide bonds. The number of sulfonamides is 1. The molecule has 220 valence electrons. The predicted molar refractivity (Wildman–Crippen MR) is 161 cm³/mol. The number of nitrogens with zero attached hydrogens (tertiary/aromatic N) is 2. The van der Waals surface area contributed by atoms with E-state index in [1.807, 2.05) is 64.1 Å². The first-order chi connectivity index (χ1) is 19.3. The Bertz CT molecular complexity index is 1420. The minimum absolute atomic E-state index is 0.0908. The van der Waals surface area contributed by atoms with Crippen LogP contribution in [0.15, 0.2) is 78.9 Å². The number of hydrogen-bond donors (Lipinski definition) is 1. The predicted octanol–water partition coefficient (Wildman–Crippen LogP) is 4.98. The van der Waals surface area contributed by atoms with Crippen molar-refractivity contribution < 1.29 is 27.5 Å². The van der Waals surface area contributed by atoms with E-state index in [0.29, 0.717) is 29.4 Å². The molecule has 0 aliphatic rings. The molecule has 0 unspecified atom stereocenters. The Morgan fingerprint density at radius 3 is 2.07 bits per heavy atom. The van der Waals surface area contributed by atoms with Crippen molar-refractivity contribution in [3.05, 3.63) is 84.4 Å². The van der Waals surface area contributed by atoms with Gasteiger partial charge in [0.05, 0.1) is 19.1 Å². The topological polar surface area (TPSA) is 105 Å². The Kier molecular flexibility index (Phi) is 10.4. The van der Waals surface area contributed by atoms with Gasteiger partial charge in [0.25, 0.3) is 0 Å². The van der Waals surface area contributed by atoms with E-state index >= 15 is 0 Å². The van der Waals surface area contributed by atoms with Crippen LogP contribution >= 0.6 is 0 Å². The Balaban J connectivity index is 1.92. The number of benzene rings is 3. The number of carbonyl (C=O) groups excluding carboxylic acids is 2. The van der Waals surface area contributed by atoms with Gasteiger partial charge in [0.1, 0.15) is 29.8 Å². The molecule has 41 heavy (non-hydrogen) atoms. The molecule has 1 N–H and O–H groups in total. The van der Waals surface area contributed by atoms with Crippen LogP contribution in [0.1, 0.15) is 39.7 Å². The quantitative estimate of drug-likeness (QED) is 0.324. The van der Waals surface area contributed by atoms with Crippen molar-refractivity contribution in [3.8, 4) is 17.2 Å². The standard InChI is InChI=1S/C31H39N3O6S/c1-7-28(30(36)32-31(2,3)4)33(21-23-12-11-15-27(20-23)39-5)29(35)22-34(41(6,37)38)24-16-18-26(19-17-24)40-25-13-9-8-10-14-25/h8-20,28H,7,21-22H2,1-6H3,(H,32,36)/t28-/m1/s1. The van der Waals surface area contributed by atoms with Gasteiger partial charge in [-0.3, -0.25) is 13.9 Å². The highest BCUT2D eigenvalue weighted by Gasteiger charge is 2.33. The monoisotopic (exact) mass is 581 g/mol. The number of anilines is 1. The van der Waals surface area contributed by atoms with Crippen LogP contribution in [0.5, 0.6) is 17.2 Å². The number of para-hydroxylation sites is 1. The van der Waals surface area contributed by atoms with E-state index in [0.717, 1.165) is 16.1 Å². The fraction of sp³-hybridized carbons (Fsp3) is 0.355. The molecular weight excluding hydrogens is 542 g/mol. The molecule has 0 aromatic heterocycles. The molecule has 9 nitrogen and oxygen atoms in total. The minimum Gasteiger partial charge on any atom is -0.497 e. The zero-order chi connectivity index (χ0) is 30.2. The summed E-state index contributed by atoms with van der Waals surface area (Å²) in [5, 5.41) is 2.95. The van der Waals surface area contributed by atoms with Crippen LogP contribution in [0.25, 0.3) is 0 Å². The molecule has 10 heteroatoms. The SMILES string of the molecule is CC[C@H](C(=O)NC(C)(C)C)N(Cc1cccc(OC)c1)C(=O)CN(c1ccc(Oc2ccccc2)cc1)S(C)(=O)=O. The molecule has 0 aliphatic carbocycles. The molecule has 0 spiro atoms. The Labute approximate surface area is 243 Å². The number of methoxy groups -OCH3 is 1. The van der Waals surface area contributed by atoms with Gasteiger partial charge in [-0.05, 0) is 81.3 Å². The van der Waals surface area contributed by atoms with Crippen LogP contribution < -0.4 is 19.1 Å². The maximum atomic E-state index is 13.9. The summed E-state index contributed by atoms with van der Waals surface area (Å²) < 4.78 is 38.0. The van der Waals surface area contributed by atoms with Crippen LogP contribution in [0.3, 0.4) is 0 Å². The molecular formula is C31H39N3O6S. The third-order valence-corrected chi connectivity index (χ3v) is 7.29. The molecule has 3 rings (SSSR count). The lowest BCUT2D eigenvalue weighted by atomic mass is 10.1. The summed E-state index contributed by atoms with van der Waals surface area (Å²) in [7, 11) is -2.31. The molecule has 3 aromatic rings. The summed E-state index contributed by atoms with van der Waals surface area (Å²) in [6.07, 6.45) is 1.38. The summed E-state index contributed by atoms with van der Waals surface area (Å²) in [6.45, 7) is 7.01. The van der Waals surface area contributed by atoms with Crippen molar-refractivity contribution in [1.82, 2.24) is 10.2 Å². The van der Waals surface area contributed by atoms with Gasteiger partial charge in [-0.1, -0.05) is 37.3 Å².